The van der Waals surface area contributed by atoms with Crippen LogP contribution in [0.5, 0.6) is 5.88 Å². The van der Waals surface area contributed by atoms with E-state index in [2.05, 4.69) is 50.0 Å². The number of ether oxygens (including phenoxy) is 2. The van der Waals surface area contributed by atoms with Gasteiger partial charge >= 0.3 is 12.7 Å². The van der Waals surface area contributed by atoms with Crippen LogP contribution in [0.1, 0.15) is 33.5 Å². The molecular formula is C21H27F2N9O3. The molecule has 1 unspecified atom stereocenters. The van der Waals surface area contributed by atoms with Crippen molar-refractivity contribution in [2.45, 2.75) is 45.8 Å². The number of hydrogen-bond acceptors (Lipinski definition) is 10. The molecule has 0 saturated carbocycles. The van der Waals surface area contributed by atoms with E-state index in [9.17, 15) is 13.6 Å². The number of halogens is 2. The van der Waals surface area contributed by atoms with Gasteiger partial charge in [0, 0.05) is 24.2 Å². The van der Waals surface area contributed by atoms with Gasteiger partial charge in [0.1, 0.15) is 17.2 Å². The predicted octanol–water partition coefficient (Wildman–Crippen LogP) is 2.96. The quantitative estimate of drug-likeness (QED) is 0.368. The summed E-state index contributed by atoms with van der Waals surface area (Å²) in [6, 6.07) is 1.40. The number of alkyl carbamates (subject to hydrolysis) is 1. The number of imidazole rings is 1. The van der Waals surface area contributed by atoms with Crippen molar-refractivity contribution in [3.63, 3.8) is 0 Å². The Kier molecular flexibility index (Phi) is 7.62. The SMILES string of the molecule is COC(=O)NC(C)CNc1nccc(-c2[nH]c(C(C)(C)C)nc2-c2cnc(N)c(OC(F)F)n2)n1. The molecule has 0 spiro atoms. The van der Waals surface area contributed by atoms with Crippen LogP contribution in [-0.4, -0.2) is 62.3 Å². The third-order valence-electron chi connectivity index (χ3n) is 4.65. The Morgan fingerprint density at radius 1 is 1.20 bits per heavy atom. The molecule has 0 radical (unpaired) electrons. The predicted molar refractivity (Wildman–Crippen MR) is 124 cm³/mol. The molecule has 188 valence electrons. The molecule has 1 atom stereocenters. The number of carbonyl (C=O) groups excluding carboxylic acids is 1. The Bertz CT molecular complexity index is 1180. The number of methoxy groups -OCH3 is 1. The van der Waals surface area contributed by atoms with Crippen LogP contribution in [0.2, 0.25) is 0 Å². The number of nitrogens with one attached hydrogen (secondary N) is 3. The first-order valence-electron chi connectivity index (χ1n) is 10.6. The Morgan fingerprint density at radius 2 is 1.94 bits per heavy atom. The van der Waals surface area contributed by atoms with Gasteiger partial charge in [0.2, 0.25) is 5.95 Å². The molecule has 0 aromatic carbocycles. The second kappa shape index (κ2) is 10.4. The van der Waals surface area contributed by atoms with Gasteiger partial charge in [-0.3, -0.25) is 0 Å². The summed E-state index contributed by atoms with van der Waals surface area (Å²) in [7, 11) is 1.28. The molecule has 14 heteroatoms. The molecule has 35 heavy (non-hydrogen) atoms. The minimum atomic E-state index is -3.11. The first kappa shape index (κ1) is 25.5. The topological polar surface area (TPSA) is 166 Å². The Morgan fingerprint density at radius 3 is 2.60 bits per heavy atom. The van der Waals surface area contributed by atoms with Gasteiger partial charge < -0.3 is 30.8 Å². The molecule has 0 aliphatic carbocycles. The largest absolute Gasteiger partial charge is 0.453 e. The summed E-state index contributed by atoms with van der Waals surface area (Å²) in [5, 5.41) is 5.68. The van der Waals surface area contributed by atoms with Crippen molar-refractivity contribution in [3.05, 3.63) is 24.3 Å². The summed E-state index contributed by atoms with van der Waals surface area (Å²) in [5.74, 6) is 0.136. The van der Waals surface area contributed by atoms with Gasteiger partial charge in [-0.05, 0) is 13.0 Å². The third kappa shape index (κ3) is 6.49. The summed E-state index contributed by atoms with van der Waals surface area (Å²) < 4.78 is 34.5. The molecule has 0 aliphatic heterocycles. The van der Waals surface area contributed by atoms with E-state index in [-0.39, 0.29) is 23.0 Å². The summed E-state index contributed by atoms with van der Waals surface area (Å²) >= 11 is 0. The van der Waals surface area contributed by atoms with Gasteiger partial charge in [-0.2, -0.15) is 8.78 Å². The van der Waals surface area contributed by atoms with E-state index in [0.717, 1.165) is 0 Å². The van der Waals surface area contributed by atoms with Gasteiger partial charge in [0.15, 0.2) is 5.82 Å². The monoisotopic (exact) mass is 491 g/mol. The average molecular weight is 492 g/mol. The van der Waals surface area contributed by atoms with E-state index in [1.165, 1.54) is 13.3 Å². The maximum atomic E-state index is 12.8. The number of alkyl halides is 2. The minimum Gasteiger partial charge on any atom is -0.453 e. The number of aromatic nitrogens is 6. The van der Waals surface area contributed by atoms with Gasteiger partial charge in [-0.1, -0.05) is 20.8 Å². The van der Waals surface area contributed by atoms with Gasteiger partial charge in [-0.15, -0.1) is 0 Å². The molecule has 5 N–H and O–H groups in total. The maximum absolute atomic E-state index is 12.8. The van der Waals surface area contributed by atoms with Crippen molar-refractivity contribution in [2.75, 3.05) is 24.7 Å². The number of nitrogens with zero attached hydrogens (tertiary/aromatic N) is 5. The summed E-state index contributed by atoms with van der Waals surface area (Å²) in [6.45, 7) is 4.89. The molecule has 0 bridgehead atoms. The molecule has 1 amide bonds. The lowest BCUT2D eigenvalue weighted by Crippen LogP contribution is -2.37. The molecule has 0 aliphatic rings. The zero-order valence-electron chi connectivity index (χ0n) is 19.9. The van der Waals surface area contributed by atoms with E-state index in [0.29, 0.717) is 35.4 Å². The van der Waals surface area contributed by atoms with Gasteiger partial charge in [0.05, 0.1) is 24.7 Å². The number of nitrogen functional groups attached to an aromatic ring is 1. The second-order valence-corrected chi connectivity index (χ2v) is 8.57. The van der Waals surface area contributed by atoms with Crippen LogP contribution in [0, 0.1) is 0 Å². The van der Waals surface area contributed by atoms with Crippen LogP contribution < -0.4 is 21.1 Å². The van der Waals surface area contributed by atoms with Crippen molar-refractivity contribution in [1.29, 1.82) is 0 Å². The first-order chi connectivity index (χ1) is 16.5. The van der Waals surface area contributed by atoms with E-state index in [1.54, 1.807) is 19.2 Å². The van der Waals surface area contributed by atoms with Crippen LogP contribution in [0.25, 0.3) is 22.8 Å². The molecule has 12 nitrogen and oxygen atoms in total. The highest BCUT2D eigenvalue weighted by Gasteiger charge is 2.25. The number of anilines is 2. The molecule has 3 rings (SSSR count). The first-order valence-corrected chi connectivity index (χ1v) is 10.6. The van der Waals surface area contributed by atoms with Crippen LogP contribution in [0.4, 0.5) is 25.3 Å². The number of rotatable bonds is 8. The van der Waals surface area contributed by atoms with Crippen LogP contribution >= 0.6 is 0 Å². The average Bonchev–Trinajstić information content (AvgIpc) is 3.25. The van der Waals surface area contributed by atoms with E-state index < -0.39 is 18.6 Å². The fourth-order valence-electron chi connectivity index (χ4n) is 2.90. The van der Waals surface area contributed by atoms with E-state index >= 15 is 0 Å². The van der Waals surface area contributed by atoms with Crippen LogP contribution in [0.15, 0.2) is 18.5 Å². The van der Waals surface area contributed by atoms with E-state index in [1.807, 2.05) is 20.8 Å². The maximum Gasteiger partial charge on any atom is 0.407 e. The second-order valence-electron chi connectivity index (χ2n) is 8.57. The highest BCUT2D eigenvalue weighted by molar-refractivity contribution is 5.75. The number of H-pyrrole nitrogens is 1. The smallest absolute Gasteiger partial charge is 0.407 e. The minimum absolute atomic E-state index is 0.167. The standard InChI is InChI=1S/C21H27F2N9O3/c1-10(28-20(33)34-5)8-27-19-25-7-6-11(30-19)13-14(32-17(31-13)21(2,3)4)12-9-26-15(24)16(29-12)35-18(22)23/h6-7,9-10,18H,8H2,1-5H3,(H2,24,26)(H,28,33)(H,31,32)(H,25,27,30). The number of amides is 1. The molecule has 3 aromatic heterocycles. The van der Waals surface area contributed by atoms with Crippen LogP contribution in [-0.2, 0) is 10.2 Å². The zero-order valence-corrected chi connectivity index (χ0v) is 19.9. The van der Waals surface area contributed by atoms with Gasteiger partial charge in [-0.25, -0.2) is 29.7 Å². The van der Waals surface area contributed by atoms with Crippen molar-refractivity contribution in [2.24, 2.45) is 0 Å². The summed E-state index contributed by atoms with van der Waals surface area (Å²) in [5.41, 5.74) is 6.69. The fourth-order valence-corrected chi connectivity index (χ4v) is 2.90. The molecule has 0 fully saturated rings. The zero-order chi connectivity index (χ0) is 25.8. The summed E-state index contributed by atoms with van der Waals surface area (Å²) in [6.07, 6.45) is 2.32. The van der Waals surface area contributed by atoms with E-state index in [4.69, 9.17) is 5.73 Å². The highest BCUT2D eigenvalue weighted by atomic mass is 19.3. The van der Waals surface area contributed by atoms with Crippen molar-refractivity contribution >= 4 is 17.9 Å². The summed E-state index contributed by atoms with van der Waals surface area (Å²) in [4.78, 5) is 36.0. The Labute approximate surface area is 200 Å². The van der Waals surface area contributed by atoms with Gasteiger partial charge in [0.25, 0.3) is 5.88 Å². The molecule has 0 saturated heterocycles. The molecule has 3 aromatic rings. The Balaban J connectivity index is 1.98. The molecular weight excluding hydrogens is 464 g/mol. The lowest BCUT2D eigenvalue weighted by atomic mass is 9.96. The number of hydrogen-bond donors (Lipinski definition) is 4. The number of carbonyl (C=O) groups is 1. The fraction of sp³-hybridized carbons (Fsp3) is 0.429. The van der Waals surface area contributed by atoms with Crippen molar-refractivity contribution in [1.82, 2.24) is 35.2 Å². The Hall–Kier alpha value is -4.10. The third-order valence-corrected chi connectivity index (χ3v) is 4.65. The highest BCUT2D eigenvalue weighted by Crippen LogP contribution is 2.33. The number of nitrogens with two attached hydrogens (primary N) is 1. The van der Waals surface area contributed by atoms with Crippen LogP contribution in [0.3, 0.4) is 0 Å². The normalized spacial score (nSPS) is 12.3. The lowest BCUT2D eigenvalue weighted by Gasteiger charge is -2.14. The number of aromatic amines is 1. The van der Waals surface area contributed by atoms with Crippen molar-refractivity contribution in [3.8, 4) is 28.7 Å². The molecule has 3 heterocycles. The lowest BCUT2D eigenvalue weighted by molar-refractivity contribution is -0.0524. The van der Waals surface area contributed by atoms with Crippen molar-refractivity contribution < 1.29 is 23.0 Å².